The largest absolute Gasteiger partial charge is 0.374 e. The standard InChI is InChI=1S/C8H14N4O2S/c1-8(2,14-3)6(13)10-4-5-11-12-7(9)15-5/h4H2,1-3H3,(H2,9,12)(H,10,13). The van der Waals surface area contributed by atoms with Crippen LogP contribution in [0.1, 0.15) is 18.9 Å². The summed E-state index contributed by atoms with van der Waals surface area (Å²) in [4.78, 5) is 11.6. The second-order valence-electron chi connectivity index (χ2n) is 3.43. The maximum atomic E-state index is 11.6. The number of carbonyl (C=O) groups excluding carboxylic acids is 1. The zero-order valence-corrected chi connectivity index (χ0v) is 9.72. The van der Waals surface area contributed by atoms with Gasteiger partial charge >= 0.3 is 0 Å². The Balaban J connectivity index is 2.47. The minimum atomic E-state index is -0.837. The molecule has 0 bridgehead atoms. The fraction of sp³-hybridized carbons (Fsp3) is 0.625. The molecule has 1 aromatic rings. The third-order valence-electron chi connectivity index (χ3n) is 1.94. The Bertz CT molecular complexity index is 350. The maximum Gasteiger partial charge on any atom is 0.252 e. The smallest absolute Gasteiger partial charge is 0.252 e. The second-order valence-corrected chi connectivity index (χ2v) is 4.52. The van der Waals surface area contributed by atoms with Crippen LogP contribution in [0.2, 0.25) is 0 Å². The third kappa shape index (κ3) is 3.14. The van der Waals surface area contributed by atoms with Crippen molar-refractivity contribution in [1.82, 2.24) is 15.5 Å². The molecule has 7 heteroatoms. The predicted octanol–water partition coefficient (Wildman–Crippen LogP) is 0.162. The van der Waals surface area contributed by atoms with Crippen molar-refractivity contribution in [3.63, 3.8) is 0 Å². The highest BCUT2D eigenvalue weighted by molar-refractivity contribution is 7.15. The van der Waals surface area contributed by atoms with Crippen LogP contribution in [0.15, 0.2) is 0 Å². The lowest BCUT2D eigenvalue weighted by atomic mass is 10.1. The number of rotatable bonds is 4. The summed E-state index contributed by atoms with van der Waals surface area (Å²) >= 11 is 1.25. The van der Waals surface area contributed by atoms with Crippen LogP contribution in [-0.4, -0.2) is 28.8 Å². The van der Waals surface area contributed by atoms with Gasteiger partial charge in [0.1, 0.15) is 10.6 Å². The van der Waals surface area contributed by atoms with Gasteiger partial charge in [0.15, 0.2) is 0 Å². The summed E-state index contributed by atoms with van der Waals surface area (Å²) in [5.74, 6) is -0.196. The van der Waals surface area contributed by atoms with Gasteiger partial charge in [0.05, 0.1) is 6.54 Å². The van der Waals surface area contributed by atoms with Crippen LogP contribution in [0, 0.1) is 0 Å². The molecule has 15 heavy (non-hydrogen) atoms. The molecule has 1 aromatic heterocycles. The molecule has 1 rings (SSSR count). The van der Waals surface area contributed by atoms with Crippen LogP contribution in [0.4, 0.5) is 5.13 Å². The Morgan fingerprint density at radius 2 is 2.27 bits per heavy atom. The molecule has 1 amide bonds. The zero-order valence-electron chi connectivity index (χ0n) is 8.90. The number of aromatic nitrogens is 2. The molecule has 84 valence electrons. The molecule has 0 atom stereocenters. The van der Waals surface area contributed by atoms with E-state index >= 15 is 0 Å². The van der Waals surface area contributed by atoms with E-state index in [4.69, 9.17) is 10.5 Å². The molecule has 6 nitrogen and oxygen atoms in total. The first-order valence-electron chi connectivity index (χ1n) is 4.37. The maximum absolute atomic E-state index is 11.6. The van der Waals surface area contributed by atoms with E-state index in [9.17, 15) is 4.79 Å². The van der Waals surface area contributed by atoms with Crippen LogP contribution in [0.3, 0.4) is 0 Å². The van der Waals surface area contributed by atoms with E-state index in [1.165, 1.54) is 18.4 Å². The van der Waals surface area contributed by atoms with Crippen LogP contribution >= 0.6 is 11.3 Å². The number of amides is 1. The average Bonchev–Trinajstić information content (AvgIpc) is 2.60. The van der Waals surface area contributed by atoms with E-state index in [0.717, 1.165) is 0 Å². The van der Waals surface area contributed by atoms with Crippen molar-refractivity contribution < 1.29 is 9.53 Å². The molecule has 0 aliphatic heterocycles. The number of nitrogen functional groups attached to an aromatic ring is 1. The van der Waals surface area contributed by atoms with Gasteiger partial charge in [-0.15, -0.1) is 10.2 Å². The van der Waals surface area contributed by atoms with E-state index in [-0.39, 0.29) is 5.91 Å². The number of hydrogen-bond acceptors (Lipinski definition) is 6. The Labute approximate surface area is 91.8 Å². The van der Waals surface area contributed by atoms with Crippen LogP contribution in [-0.2, 0) is 16.1 Å². The van der Waals surface area contributed by atoms with E-state index in [1.807, 2.05) is 0 Å². The number of hydrogen-bond donors (Lipinski definition) is 2. The summed E-state index contributed by atoms with van der Waals surface area (Å²) in [6.45, 7) is 3.70. The van der Waals surface area contributed by atoms with Gasteiger partial charge in [0, 0.05) is 7.11 Å². The normalized spacial score (nSPS) is 11.4. The van der Waals surface area contributed by atoms with Crippen LogP contribution < -0.4 is 11.1 Å². The molecule has 3 N–H and O–H groups in total. The van der Waals surface area contributed by atoms with Crippen LogP contribution in [0.25, 0.3) is 0 Å². The van der Waals surface area contributed by atoms with Crippen LogP contribution in [0.5, 0.6) is 0 Å². The highest BCUT2D eigenvalue weighted by atomic mass is 32.1. The van der Waals surface area contributed by atoms with Gasteiger partial charge < -0.3 is 15.8 Å². The van der Waals surface area contributed by atoms with Crippen molar-refractivity contribution >= 4 is 22.4 Å². The molecule has 0 aliphatic carbocycles. The number of anilines is 1. The summed E-state index contributed by atoms with van der Waals surface area (Å²) in [6, 6.07) is 0. The minimum absolute atomic E-state index is 0.196. The third-order valence-corrected chi connectivity index (χ3v) is 2.69. The van der Waals surface area contributed by atoms with Crippen molar-refractivity contribution in [3.05, 3.63) is 5.01 Å². The number of carbonyl (C=O) groups is 1. The van der Waals surface area contributed by atoms with E-state index < -0.39 is 5.60 Å². The lowest BCUT2D eigenvalue weighted by molar-refractivity contribution is -0.139. The molecule has 0 unspecified atom stereocenters. The van der Waals surface area contributed by atoms with Gasteiger partial charge in [0.25, 0.3) is 5.91 Å². The minimum Gasteiger partial charge on any atom is -0.374 e. The van der Waals surface area contributed by atoms with Crippen molar-refractivity contribution in [2.45, 2.75) is 26.0 Å². The molecular formula is C8H14N4O2S. The molecule has 0 aromatic carbocycles. The highest BCUT2D eigenvalue weighted by Crippen LogP contribution is 2.11. The van der Waals surface area contributed by atoms with Crippen molar-refractivity contribution in [2.24, 2.45) is 0 Å². The van der Waals surface area contributed by atoms with E-state index in [0.29, 0.717) is 16.7 Å². The Morgan fingerprint density at radius 1 is 1.60 bits per heavy atom. The summed E-state index contributed by atoms with van der Waals surface area (Å²) in [5, 5.41) is 11.2. The fourth-order valence-corrected chi connectivity index (χ4v) is 1.35. The first kappa shape index (κ1) is 11.9. The number of nitrogens with one attached hydrogen (secondary N) is 1. The Hall–Kier alpha value is -1.21. The van der Waals surface area contributed by atoms with Gasteiger partial charge in [-0.05, 0) is 13.8 Å². The first-order valence-corrected chi connectivity index (χ1v) is 5.18. The molecule has 0 spiro atoms. The van der Waals surface area contributed by atoms with Gasteiger partial charge in [-0.25, -0.2) is 0 Å². The molecule has 0 aliphatic rings. The summed E-state index contributed by atoms with van der Waals surface area (Å²) in [5.41, 5.74) is 4.57. The van der Waals surface area contributed by atoms with E-state index in [2.05, 4.69) is 15.5 Å². The fourth-order valence-electron chi connectivity index (χ4n) is 0.799. The molecule has 0 saturated carbocycles. The SMILES string of the molecule is COC(C)(C)C(=O)NCc1nnc(N)s1. The lowest BCUT2D eigenvalue weighted by Crippen LogP contribution is -2.43. The van der Waals surface area contributed by atoms with Gasteiger partial charge in [-0.2, -0.15) is 0 Å². The second kappa shape index (κ2) is 4.54. The highest BCUT2D eigenvalue weighted by Gasteiger charge is 2.26. The summed E-state index contributed by atoms with van der Waals surface area (Å²) in [7, 11) is 1.49. The van der Waals surface area contributed by atoms with E-state index in [1.54, 1.807) is 13.8 Å². The molecule has 0 fully saturated rings. The monoisotopic (exact) mass is 230 g/mol. The number of ether oxygens (including phenoxy) is 1. The summed E-state index contributed by atoms with van der Waals surface area (Å²) in [6.07, 6.45) is 0. The predicted molar refractivity (Wildman–Crippen MR) is 57.3 cm³/mol. The Morgan fingerprint density at radius 3 is 2.73 bits per heavy atom. The van der Waals surface area contributed by atoms with Gasteiger partial charge in [-0.1, -0.05) is 11.3 Å². The molecular weight excluding hydrogens is 216 g/mol. The summed E-state index contributed by atoms with van der Waals surface area (Å²) < 4.78 is 5.02. The van der Waals surface area contributed by atoms with Crippen molar-refractivity contribution in [3.8, 4) is 0 Å². The average molecular weight is 230 g/mol. The van der Waals surface area contributed by atoms with Crippen molar-refractivity contribution in [1.29, 1.82) is 0 Å². The Kier molecular flexibility index (Phi) is 3.59. The quantitative estimate of drug-likeness (QED) is 0.769. The molecule has 1 heterocycles. The van der Waals surface area contributed by atoms with Crippen molar-refractivity contribution in [2.75, 3.05) is 12.8 Å². The number of methoxy groups -OCH3 is 1. The molecule has 0 saturated heterocycles. The number of nitrogens with zero attached hydrogens (tertiary/aromatic N) is 2. The lowest BCUT2D eigenvalue weighted by Gasteiger charge is -2.21. The van der Waals surface area contributed by atoms with Gasteiger partial charge in [-0.3, -0.25) is 4.79 Å². The molecule has 0 radical (unpaired) electrons. The van der Waals surface area contributed by atoms with Gasteiger partial charge in [0.2, 0.25) is 5.13 Å². The first-order chi connectivity index (χ1) is 6.95. The zero-order chi connectivity index (χ0) is 11.5. The number of nitrogens with two attached hydrogens (primary N) is 1. The topological polar surface area (TPSA) is 90.1 Å².